The highest BCUT2D eigenvalue weighted by atomic mass is 32.2. The molecule has 0 aliphatic carbocycles. The number of carboxylic acids is 3. The lowest BCUT2D eigenvalue weighted by Crippen LogP contribution is -2.14. The van der Waals surface area contributed by atoms with E-state index in [4.69, 9.17) is 30.2 Å². The summed E-state index contributed by atoms with van der Waals surface area (Å²) in [6, 6.07) is 0. The number of thiocyanates is 1. The first-order valence-electron chi connectivity index (χ1n) is 3.50. The van der Waals surface area contributed by atoms with E-state index in [1.165, 1.54) is 5.40 Å². The SMILES string of the molecule is N#CSOP(=O)(F)OC(=O)C(=O)O.O=C(O)C(=O)O. The van der Waals surface area contributed by atoms with Crippen molar-refractivity contribution in [3.05, 3.63) is 0 Å². The molecule has 0 aromatic heterocycles. The van der Waals surface area contributed by atoms with Crippen LogP contribution >= 0.6 is 19.9 Å². The molecule has 19 heavy (non-hydrogen) atoms. The number of carbonyl (C=O) groups excluding carboxylic acids is 1. The molecule has 0 bridgehead atoms. The molecule has 0 saturated heterocycles. The monoisotopic (exact) mass is 319 g/mol. The Bertz CT molecular complexity index is 459. The number of halogens is 1. The van der Waals surface area contributed by atoms with Gasteiger partial charge in [-0.1, -0.05) is 0 Å². The molecule has 0 heterocycles. The van der Waals surface area contributed by atoms with Gasteiger partial charge in [0.15, 0.2) is 5.40 Å². The minimum atomic E-state index is -5.31. The lowest BCUT2D eigenvalue weighted by molar-refractivity contribution is -0.159. The lowest BCUT2D eigenvalue weighted by atomic mass is 10.7. The molecule has 106 valence electrons. The van der Waals surface area contributed by atoms with Crippen LogP contribution in [0.3, 0.4) is 0 Å². The van der Waals surface area contributed by atoms with Crippen molar-refractivity contribution in [3.63, 3.8) is 0 Å². The highest BCUT2D eigenvalue weighted by Crippen LogP contribution is 2.53. The summed E-state index contributed by atoms with van der Waals surface area (Å²) in [5.74, 6) is -7.84. The summed E-state index contributed by atoms with van der Waals surface area (Å²) in [6.07, 6.45) is 0. The molecule has 0 aromatic rings. The van der Waals surface area contributed by atoms with Crippen LogP contribution in [-0.2, 0) is 32.2 Å². The molecule has 1 atom stereocenters. The van der Waals surface area contributed by atoms with E-state index >= 15 is 0 Å². The average Bonchev–Trinajstić information content (AvgIpc) is 2.26. The summed E-state index contributed by atoms with van der Waals surface area (Å²) in [7, 11) is -5.31. The Labute approximate surface area is 107 Å². The molecule has 0 spiro atoms. The second-order valence-corrected chi connectivity index (χ2v) is 3.96. The molecule has 0 amide bonds. The highest BCUT2D eigenvalue weighted by Gasteiger charge is 2.33. The number of aliphatic carboxylic acids is 3. The van der Waals surface area contributed by atoms with Crippen molar-refractivity contribution in [2.45, 2.75) is 0 Å². The third-order valence-electron chi connectivity index (χ3n) is 0.713. The first kappa shape index (κ1) is 19.2. The second kappa shape index (κ2) is 8.86. The van der Waals surface area contributed by atoms with Crippen LogP contribution in [0.1, 0.15) is 0 Å². The van der Waals surface area contributed by atoms with E-state index in [-0.39, 0.29) is 12.0 Å². The predicted molar refractivity (Wildman–Crippen MR) is 52.0 cm³/mol. The Balaban J connectivity index is 0. The Morgan fingerprint density at radius 2 is 1.53 bits per heavy atom. The van der Waals surface area contributed by atoms with Crippen molar-refractivity contribution in [1.82, 2.24) is 0 Å². The van der Waals surface area contributed by atoms with Crippen molar-refractivity contribution in [3.8, 4) is 5.40 Å². The van der Waals surface area contributed by atoms with E-state index in [2.05, 4.69) is 8.49 Å². The summed E-state index contributed by atoms with van der Waals surface area (Å²) in [5, 5.41) is 31.6. The molecule has 0 aromatic carbocycles. The second-order valence-electron chi connectivity index (χ2n) is 1.97. The van der Waals surface area contributed by atoms with Crippen LogP contribution in [0.2, 0.25) is 0 Å². The minimum Gasteiger partial charge on any atom is -0.473 e. The average molecular weight is 319 g/mol. The fourth-order valence-electron chi connectivity index (χ4n) is 0.214. The van der Waals surface area contributed by atoms with Gasteiger partial charge in [0.2, 0.25) is 0 Å². The largest absolute Gasteiger partial charge is 0.584 e. The normalized spacial score (nSPS) is 11.8. The molecule has 3 N–H and O–H groups in total. The van der Waals surface area contributed by atoms with Crippen LogP contribution < -0.4 is 0 Å². The Morgan fingerprint density at radius 3 is 1.79 bits per heavy atom. The molecule has 0 radical (unpaired) electrons. The van der Waals surface area contributed by atoms with Gasteiger partial charge in [-0.05, 0) is 0 Å². The van der Waals surface area contributed by atoms with Gasteiger partial charge in [-0.2, -0.15) is 9.23 Å². The van der Waals surface area contributed by atoms with Gasteiger partial charge in [-0.15, -0.1) is 4.20 Å². The van der Waals surface area contributed by atoms with Gasteiger partial charge >= 0.3 is 31.8 Å². The van der Waals surface area contributed by atoms with Gasteiger partial charge in [0.25, 0.3) is 0 Å². The quantitative estimate of drug-likeness (QED) is 0.273. The van der Waals surface area contributed by atoms with E-state index in [1.54, 1.807) is 0 Å². The van der Waals surface area contributed by atoms with Gasteiger partial charge in [-0.25, -0.2) is 23.7 Å². The molecular formula is C5H3FNO10PS. The number of nitriles is 1. The van der Waals surface area contributed by atoms with Crippen molar-refractivity contribution < 1.29 is 51.8 Å². The first-order chi connectivity index (χ1) is 8.53. The third kappa shape index (κ3) is 12.1. The molecule has 11 nitrogen and oxygen atoms in total. The van der Waals surface area contributed by atoms with Gasteiger partial charge in [0.05, 0.1) is 0 Å². The molecule has 0 aliphatic heterocycles. The number of hydrogen-bond donors (Lipinski definition) is 3. The fourth-order valence-corrected chi connectivity index (χ4v) is 1.10. The Kier molecular flexibility index (Phi) is 8.95. The molecule has 1 unspecified atom stereocenters. The fraction of sp³-hybridized carbons (Fsp3) is 0. The molecule has 0 rings (SSSR count). The van der Waals surface area contributed by atoms with Crippen LogP contribution in [0.5, 0.6) is 0 Å². The summed E-state index contributed by atoms with van der Waals surface area (Å²) in [6.45, 7) is 0. The molecule has 0 saturated carbocycles. The van der Waals surface area contributed by atoms with E-state index < -0.39 is 31.8 Å². The topological polar surface area (TPSA) is 188 Å². The van der Waals surface area contributed by atoms with Gasteiger partial charge < -0.3 is 19.8 Å². The molecular weight excluding hydrogens is 316 g/mol. The van der Waals surface area contributed by atoms with Crippen LogP contribution in [0, 0.1) is 10.7 Å². The maximum atomic E-state index is 12.3. The predicted octanol–water partition coefficient (Wildman–Crippen LogP) is -0.00672. The van der Waals surface area contributed by atoms with Crippen molar-refractivity contribution in [2.75, 3.05) is 0 Å². The van der Waals surface area contributed by atoms with Crippen molar-refractivity contribution >= 4 is 43.8 Å². The van der Waals surface area contributed by atoms with Crippen LogP contribution in [0.25, 0.3) is 0 Å². The zero-order valence-corrected chi connectivity index (χ0v) is 10.1. The van der Waals surface area contributed by atoms with Gasteiger partial charge in [-0.3, -0.25) is 0 Å². The first-order valence-corrected chi connectivity index (χ1v) is 5.68. The zero-order valence-electron chi connectivity index (χ0n) is 8.38. The van der Waals surface area contributed by atoms with E-state index in [1.807, 2.05) is 0 Å². The number of nitrogens with zero attached hydrogens (tertiary/aromatic N) is 1. The van der Waals surface area contributed by atoms with Crippen LogP contribution in [-0.4, -0.2) is 39.2 Å². The molecule has 14 heteroatoms. The molecule has 0 fully saturated rings. The standard InChI is InChI=1S/C3HFNO6PS.C2H2O4/c4-12(9,11-13-1-5)10-3(8)2(6)7;3-1(4)2(5)6/h(H,6,7);(H,3,4)(H,5,6). The van der Waals surface area contributed by atoms with Gasteiger partial charge in [0, 0.05) is 0 Å². The zero-order chi connectivity index (χ0) is 15.6. The van der Waals surface area contributed by atoms with E-state index in [9.17, 15) is 18.4 Å². The van der Waals surface area contributed by atoms with Gasteiger partial charge in [0.1, 0.15) is 12.0 Å². The number of hydrogen-bond acceptors (Lipinski definition) is 9. The highest BCUT2D eigenvalue weighted by molar-refractivity contribution is 8.02. The smallest absolute Gasteiger partial charge is 0.473 e. The maximum absolute atomic E-state index is 12.3. The number of rotatable bonds is 3. The van der Waals surface area contributed by atoms with Crippen LogP contribution in [0.4, 0.5) is 4.20 Å². The molecule has 0 aliphatic rings. The summed E-state index contributed by atoms with van der Waals surface area (Å²) in [4.78, 5) is 38.1. The summed E-state index contributed by atoms with van der Waals surface area (Å²) in [5.41, 5.74) is 0. The Hall–Kier alpha value is -2.16. The third-order valence-corrected chi connectivity index (χ3v) is 2.18. The number of carbonyl (C=O) groups is 4. The summed E-state index contributed by atoms with van der Waals surface area (Å²) < 4.78 is 29.5. The van der Waals surface area contributed by atoms with Crippen molar-refractivity contribution in [1.29, 1.82) is 5.26 Å². The van der Waals surface area contributed by atoms with Crippen LogP contribution in [0.15, 0.2) is 0 Å². The Morgan fingerprint density at radius 1 is 1.11 bits per heavy atom. The van der Waals surface area contributed by atoms with E-state index in [0.717, 1.165) is 0 Å². The lowest BCUT2D eigenvalue weighted by Gasteiger charge is -2.02. The summed E-state index contributed by atoms with van der Waals surface area (Å²) >= 11 is -0.234. The van der Waals surface area contributed by atoms with E-state index in [0.29, 0.717) is 0 Å². The van der Waals surface area contributed by atoms with Crippen molar-refractivity contribution in [2.24, 2.45) is 0 Å². The number of carboxylic acid groups (broad SMARTS) is 3. The maximum Gasteiger partial charge on any atom is 0.584 e. The minimum absolute atomic E-state index is 0.234.